The van der Waals surface area contributed by atoms with Crippen molar-refractivity contribution in [2.75, 3.05) is 23.4 Å². The second kappa shape index (κ2) is 11.9. The fraction of sp³-hybridized carbons (Fsp3) is 0.385. The zero-order valence-electron chi connectivity index (χ0n) is 20.2. The van der Waals surface area contributed by atoms with E-state index in [1.807, 2.05) is 28.8 Å². The third-order valence-corrected chi connectivity index (χ3v) is 8.91. The highest BCUT2D eigenvalue weighted by atomic mass is 32.2. The second-order valence-corrected chi connectivity index (χ2v) is 11.6. The van der Waals surface area contributed by atoms with Gasteiger partial charge in [0, 0.05) is 4.88 Å². The van der Waals surface area contributed by atoms with E-state index in [4.69, 9.17) is 11.2 Å². The van der Waals surface area contributed by atoms with E-state index in [0.717, 1.165) is 39.9 Å². The average Bonchev–Trinajstić information content (AvgIpc) is 3.36. The lowest BCUT2D eigenvalue weighted by Crippen LogP contribution is -2.19. The molecule has 0 saturated heterocycles. The van der Waals surface area contributed by atoms with Crippen molar-refractivity contribution in [2.24, 2.45) is 10.9 Å². The summed E-state index contributed by atoms with van der Waals surface area (Å²) in [7, 11) is 0. The predicted octanol–water partition coefficient (Wildman–Crippen LogP) is 4.50. The highest BCUT2D eigenvalue weighted by Gasteiger charge is 2.29. The Morgan fingerprint density at radius 2 is 2.08 bits per heavy atom. The maximum absolute atomic E-state index is 12.7. The highest BCUT2D eigenvalue weighted by molar-refractivity contribution is 8.00. The van der Waals surface area contributed by atoms with Crippen LogP contribution in [0.1, 0.15) is 41.1 Å². The molecule has 10 heteroatoms. The number of carbonyl (C=O) groups excluding carboxylic acids is 3. The summed E-state index contributed by atoms with van der Waals surface area (Å²) in [6, 6.07) is 7.75. The Morgan fingerprint density at radius 1 is 1.28 bits per heavy atom. The first-order valence-corrected chi connectivity index (χ1v) is 14.5. The molecule has 7 nitrogen and oxygen atoms in total. The molecule has 188 valence electrons. The first-order chi connectivity index (χ1) is 17.4. The number of fused-ring (bicyclic) bond motifs is 2. The molecule has 1 N–H and O–H groups in total. The molecule has 1 aliphatic carbocycles. The number of ether oxygens (including phenoxy) is 1. The van der Waals surface area contributed by atoms with Crippen LogP contribution < -0.4 is 10.1 Å². The van der Waals surface area contributed by atoms with Crippen molar-refractivity contribution in [3.63, 3.8) is 0 Å². The number of terminal acetylenes is 1. The molecule has 2 aromatic heterocycles. The van der Waals surface area contributed by atoms with Crippen molar-refractivity contribution in [1.29, 1.82) is 0 Å². The Hall–Kier alpha value is -2.87. The number of rotatable bonds is 8. The Kier molecular flexibility index (Phi) is 8.67. The molecule has 1 aromatic carbocycles. The molecule has 0 spiro atoms. The summed E-state index contributed by atoms with van der Waals surface area (Å²) >= 11 is 4.04. The van der Waals surface area contributed by atoms with Gasteiger partial charge in [-0.2, -0.15) is 4.99 Å². The first kappa shape index (κ1) is 26.2. The summed E-state index contributed by atoms with van der Waals surface area (Å²) in [5.41, 5.74) is 2.41. The van der Waals surface area contributed by atoms with Crippen molar-refractivity contribution in [1.82, 2.24) is 4.57 Å². The van der Waals surface area contributed by atoms with Gasteiger partial charge >= 0.3 is 5.97 Å². The Labute approximate surface area is 222 Å². The van der Waals surface area contributed by atoms with Gasteiger partial charge in [0.2, 0.25) is 5.91 Å². The number of carbonyl (C=O) groups is 3. The van der Waals surface area contributed by atoms with E-state index in [1.165, 1.54) is 34.4 Å². The SMILES string of the molecule is C#CCn1c(=NC(=O)CSCC(=O)Nc2sc3c(c2C(=O)OCC)CCC(C)C3)sc2ccccc21. The van der Waals surface area contributed by atoms with Crippen molar-refractivity contribution < 1.29 is 19.1 Å². The number of nitrogens with one attached hydrogen (secondary N) is 1. The quantitative estimate of drug-likeness (QED) is 0.335. The monoisotopic (exact) mass is 541 g/mol. The third-order valence-electron chi connectivity index (χ3n) is 5.76. The standard InChI is InChI=1S/C26H27N3O4S3/c1-4-12-29-18-8-6-7-9-19(18)36-26(29)28-22(31)15-34-14-21(30)27-24-23(25(32)33-5-2)17-11-10-16(3)13-20(17)35-24/h1,6-9,16H,5,10-15H2,2-3H3,(H,27,30). The van der Waals surface area contributed by atoms with Gasteiger partial charge in [0.25, 0.3) is 5.91 Å². The minimum absolute atomic E-state index is 0.0565. The van der Waals surface area contributed by atoms with Crippen molar-refractivity contribution in [3.8, 4) is 12.3 Å². The van der Waals surface area contributed by atoms with Gasteiger partial charge in [0.15, 0.2) is 4.80 Å². The molecule has 2 heterocycles. The van der Waals surface area contributed by atoms with E-state index in [2.05, 4.69) is 23.2 Å². The van der Waals surface area contributed by atoms with Gasteiger partial charge in [-0.25, -0.2) is 4.79 Å². The molecule has 1 unspecified atom stereocenters. The molecule has 3 aromatic rings. The molecule has 1 aliphatic rings. The Morgan fingerprint density at radius 3 is 2.86 bits per heavy atom. The van der Waals surface area contributed by atoms with Crippen LogP contribution in [0.2, 0.25) is 0 Å². The lowest BCUT2D eigenvalue weighted by Gasteiger charge is -2.18. The number of nitrogens with zero attached hydrogens (tertiary/aromatic N) is 2. The van der Waals surface area contributed by atoms with Gasteiger partial charge in [0.1, 0.15) is 5.00 Å². The van der Waals surface area contributed by atoms with Crippen LogP contribution in [0.15, 0.2) is 29.3 Å². The predicted molar refractivity (Wildman–Crippen MR) is 147 cm³/mol. The number of thiophene rings is 1. The van der Waals surface area contributed by atoms with Crippen LogP contribution in [0.3, 0.4) is 0 Å². The highest BCUT2D eigenvalue weighted by Crippen LogP contribution is 2.40. The molecular formula is C26H27N3O4S3. The number of thioether (sulfide) groups is 1. The minimum Gasteiger partial charge on any atom is -0.462 e. The average molecular weight is 542 g/mol. The van der Waals surface area contributed by atoms with Gasteiger partial charge < -0.3 is 14.6 Å². The Bertz CT molecular complexity index is 1410. The van der Waals surface area contributed by atoms with Crippen LogP contribution in [0.4, 0.5) is 5.00 Å². The van der Waals surface area contributed by atoms with Crippen LogP contribution >= 0.6 is 34.4 Å². The number of benzene rings is 1. The molecule has 36 heavy (non-hydrogen) atoms. The number of hydrogen-bond donors (Lipinski definition) is 1. The summed E-state index contributed by atoms with van der Waals surface area (Å²) in [6.07, 6.45) is 8.21. The zero-order chi connectivity index (χ0) is 25.7. The number of amides is 2. The second-order valence-electron chi connectivity index (χ2n) is 8.47. The topological polar surface area (TPSA) is 89.8 Å². The third kappa shape index (κ3) is 5.91. The van der Waals surface area contributed by atoms with Crippen molar-refractivity contribution in [2.45, 2.75) is 39.7 Å². The molecule has 0 fully saturated rings. The summed E-state index contributed by atoms with van der Waals surface area (Å²) in [6.45, 7) is 4.55. The summed E-state index contributed by atoms with van der Waals surface area (Å²) < 4.78 is 8.10. The van der Waals surface area contributed by atoms with E-state index >= 15 is 0 Å². The number of para-hydroxylation sites is 1. The number of aromatic nitrogens is 1. The van der Waals surface area contributed by atoms with Gasteiger partial charge in [-0.3, -0.25) is 9.59 Å². The molecule has 0 bridgehead atoms. The number of esters is 1. The molecule has 0 aliphatic heterocycles. The van der Waals surface area contributed by atoms with Crippen LogP contribution in [-0.2, 0) is 33.7 Å². The maximum atomic E-state index is 12.7. The molecule has 1 atom stereocenters. The summed E-state index contributed by atoms with van der Waals surface area (Å²) in [4.78, 5) is 43.8. The zero-order valence-corrected chi connectivity index (χ0v) is 22.6. The van der Waals surface area contributed by atoms with Crippen molar-refractivity contribution in [3.05, 3.63) is 45.1 Å². The number of hydrogen-bond acceptors (Lipinski definition) is 7. The van der Waals surface area contributed by atoms with Gasteiger partial charge in [-0.05, 0) is 49.8 Å². The van der Waals surface area contributed by atoms with Gasteiger partial charge in [-0.1, -0.05) is 36.3 Å². The van der Waals surface area contributed by atoms with Crippen LogP contribution in [0.5, 0.6) is 0 Å². The van der Waals surface area contributed by atoms with Gasteiger partial charge in [0.05, 0.1) is 40.4 Å². The van der Waals surface area contributed by atoms with E-state index in [9.17, 15) is 14.4 Å². The lowest BCUT2D eigenvalue weighted by molar-refractivity contribution is -0.115. The number of thiazole rings is 1. The smallest absolute Gasteiger partial charge is 0.341 e. The van der Waals surface area contributed by atoms with E-state index in [1.54, 1.807) is 6.92 Å². The van der Waals surface area contributed by atoms with Crippen LogP contribution in [-0.4, -0.2) is 40.5 Å². The fourth-order valence-corrected chi connectivity index (χ4v) is 7.20. The minimum atomic E-state index is -0.398. The largest absolute Gasteiger partial charge is 0.462 e. The van der Waals surface area contributed by atoms with Crippen LogP contribution in [0, 0.1) is 18.3 Å². The molecule has 0 radical (unpaired) electrons. The van der Waals surface area contributed by atoms with Crippen LogP contribution in [0.25, 0.3) is 10.2 Å². The van der Waals surface area contributed by atoms with E-state index in [-0.39, 0.29) is 29.9 Å². The normalized spacial score (nSPS) is 15.4. The molecule has 2 amide bonds. The summed E-state index contributed by atoms with van der Waals surface area (Å²) in [5.74, 6) is 2.27. The fourth-order valence-electron chi connectivity index (χ4n) is 4.14. The van der Waals surface area contributed by atoms with E-state index < -0.39 is 5.97 Å². The molecule has 0 saturated carbocycles. The summed E-state index contributed by atoms with van der Waals surface area (Å²) in [5, 5.41) is 3.42. The molecular weight excluding hydrogens is 515 g/mol. The van der Waals surface area contributed by atoms with E-state index in [0.29, 0.717) is 27.8 Å². The Balaban J connectivity index is 1.41. The van der Waals surface area contributed by atoms with Gasteiger partial charge in [-0.15, -0.1) is 29.5 Å². The maximum Gasteiger partial charge on any atom is 0.341 e. The van der Waals surface area contributed by atoms with Crippen molar-refractivity contribution >= 4 is 67.4 Å². The first-order valence-electron chi connectivity index (χ1n) is 11.7. The lowest BCUT2D eigenvalue weighted by atomic mass is 9.88. The molecule has 4 rings (SSSR count). The number of anilines is 1.